The molecule has 3 atom stereocenters. The summed E-state index contributed by atoms with van der Waals surface area (Å²) < 4.78 is 5.60. The standard InChI is InChI=1S/C14H25NO2/c1-3-8-15-9-12-6-4-5-7-13(10-15)14(12)17-11(2)16/h12-14H,3-10H2,1-2H3/t12-,13+,14?. The van der Waals surface area contributed by atoms with Crippen LogP contribution in [0.5, 0.6) is 0 Å². The molecule has 98 valence electrons. The van der Waals surface area contributed by atoms with Crippen molar-refractivity contribution in [3.63, 3.8) is 0 Å². The summed E-state index contributed by atoms with van der Waals surface area (Å²) in [5.74, 6) is 1.05. The fourth-order valence-electron chi connectivity index (χ4n) is 3.54. The molecule has 1 heterocycles. The van der Waals surface area contributed by atoms with Crippen molar-refractivity contribution in [3.8, 4) is 0 Å². The molecule has 3 heteroatoms. The first-order chi connectivity index (χ1) is 8.20. The predicted octanol–water partition coefficient (Wildman–Crippen LogP) is 2.45. The van der Waals surface area contributed by atoms with Gasteiger partial charge in [0.1, 0.15) is 6.10 Å². The highest BCUT2D eigenvalue weighted by atomic mass is 16.5. The summed E-state index contributed by atoms with van der Waals surface area (Å²) in [6.45, 7) is 7.23. The van der Waals surface area contributed by atoms with Gasteiger partial charge in [0.2, 0.25) is 0 Å². The zero-order valence-electron chi connectivity index (χ0n) is 11.2. The number of hydrogen-bond donors (Lipinski definition) is 0. The van der Waals surface area contributed by atoms with E-state index in [0.29, 0.717) is 11.8 Å². The zero-order valence-corrected chi connectivity index (χ0v) is 11.2. The van der Waals surface area contributed by atoms with Crippen LogP contribution in [-0.2, 0) is 9.53 Å². The summed E-state index contributed by atoms with van der Waals surface area (Å²) >= 11 is 0. The van der Waals surface area contributed by atoms with Crippen molar-refractivity contribution >= 4 is 5.97 Å². The second-order valence-electron chi connectivity index (χ2n) is 5.64. The van der Waals surface area contributed by atoms with Gasteiger partial charge in [-0.3, -0.25) is 4.79 Å². The first-order valence-electron chi connectivity index (χ1n) is 7.10. The molecule has 0 aromatic heterocycles. The predicted molar refractivity (Wildman–Crippen MR) is 67.7 cm³/mol. The second-order valence-corrected chi connectivity index (χ2v) is 5.64. The summed E-state index contributed by atoms with van der Waals surface area (Å²) in [6, 6.07) is 0. The van der Waals surface area contributed by atoms with Crippen molar-refractivity contribution in [1.82, 2.24) is 4.90 Å². The summed E-state index contributed by atoms with van der Waals surface area (Å²) in [7, 11) is 0. The van der Waals surface area contributed by atoms with Crippen LogP contribution >= 0.6 is 0 Å². The fourth-order valence-corrected chi connectivity index (χ4v) is 3.54. The Morgan fingerprint density at radius 1 is 1.24 bits per heavy atom. The van der Waals surface area contributed by atoms with Crippen LogP contribution in [0.25, 0.3) is 0 Å². The van der Waals surface area contributed by atoms with Crippen LogP contribution in [0.4, 0.5) is 0 Å². The van der Waals surface area contributed by atoms with Gasteiger partial charge in [-0.15, -0.1) is 0 Å². The van der Waals surface area contributed by atoms with E-state index >= 15 is 0 Å². The van der Waals surface area contributed by atoms with E-state index in [0.717, 1.165) is 13.1 Å². The van der Waals surface area contributed by atoms with Crippen molar-refractivity contribution in [2.45, 2.75) is 52.1 Å². The normalized spacial score (nSPS) is 34.1. The minimum Gasteiger partial charge on any atom is -0.462 e. The van der Waals surface area contributed by atoms with Crippen molar-refractivity contribution in [2.24, 2.45) is 11.8 Å². The molecule has 17 heavy (non-hydrogen) atoms. The molecule has 1 saturated carbocycles. The molecule has 2 fully saturated rings. The van der Waals surface area contributed by atoms with Crippen LogP contribution in [0.1, 0.15) is 46.0 Å². The van der Waals surface area contributed by atoms with E-state index in [1.807, 2.05) is 0 Å². The summed E-state index contributed by atoms with van der Waals surface area (Å²) in [5, 5.41) is 0. The SMILES string of the molecule is CCCN1C[C@H]2CCCC[C@@H](C1)C2OC(C)=O. The van der Waals surface area contributed by atoms with Crippen LogP contribution in [-0.4, -0.2) is 36.6 Å². The van der Waals surface area contributed by atoms with Crippen molar-refractivity contribution in [3.05, 3.63) is 0 Å². The Kier molecular flexibility index (Phi) is 4.43. The van der Waals surface area contributed by atoms with E-state index < -0.39 is 0 Å². The number of carbonyl (C=O) groups excluding carboxylic acids is 1. The molecule has 0 aromatic carbocycles. The number of esters is 1. The molecular formula is C14H25NO2. The van der Waals surface area contributed by atoms with Gasteiger partial charge in [0.05, 0.1) is 0 Å². The molecule has 2 aliphatic rings. The van der Waals surface area contributed by atoms with Gasteiger partial charge < -0.3 is 9.64 Å². The summed E-state index contributed by atoms with van der Waals surface area (Å²) in [4.78, 5) is 13.8. The van der Waals surface area contributed by atoms with E-state index in [9.17, 15) is 4.79 Å². The Morgan fingerprint density at radius 3 is 2.29 bits per heavy atom. The Labute approximate surface area is 105 Å². The molecule has 1 unspecified atom stereocenters. The third-order valence-electron chi connectivity index (χ3n) is 4.16. The van der Waals surface area contributed by atoms with Crippen molar-refractivity contribution in [2.75, 3.05) is 19.6 Å². The number of piperidine rings is 1. The highest BCUT2D eigenvalue weighted by Crippen LogP contribution is 2.35. The van der Waals surface area contributed by atoms with E-state index in [1.54, 1.807) is 6.92 Å². The van der Waals surface area contributed by atoms with E-state index in [4.69, 9.17) is 4.74 Å². The Hall–Kier alpha value is -0.570. The van der Waals surface area contributed by atoms with Crippen LogP contribution in [0, 0.1) is 11.8 Å². The van der Waals surface area contributed by atoms with Crippen LogP contribution in [0.15, 0.2) is 0 Å². The van der Waals surface area contributed by atoms with Gasteiger partial charge in [0, 0.05) is 31.8 Å². The number of rotatable bonds is 3. The molecule has 0 radical (unpaired) electrons. The molecule has 0 aromatic rings. The highest BCUT2D eigenvalue weighted by Gasteiger charge is 2.39. The van der Waals surface area contributed by atoms with Gasteiger partial charge in [0.15, 0.2) is 0 Å². The van der Waals surface area contributed by atoms with Gasteiger partial charge in [-0.1, -0.05) is 19.8 Å². The average molecular weight is 239 g/mol. The van der Waals surface area contributed by atoms with E-state index in [2.05, 4.69) is 11.8 Å². The third-order valence-corrected chi connectivity index (χ3v) is 4.16. The molecule has 0 spiro atoms. The lowest BCUT2D eigenvalue weighted by Crippen LogP contribution is -2.50. The van der Waals surface area contributed by atoms with Gasteiger partial charge in [-0.2, -0.15) is 0 Å². The number of ether oxygens (including phenoxy) is 1. The average Bonchev–Trinajstić information content (AvgIpc) is 2.39. The van der Waals surface area contributed by atoms with Crippen LogP contribution in [0.2, 0.25) is 0 Å². The van der Waals surface area contributed by atoms with Gasteiger partial charge >= 0.3 is 5.97 Å². The number of fused-ring (bicyclic) bond motifs is 2. The Balaban J connectivity index is 2.04. The number of likely N-dealkylation sites (tertiary alicyclic amines) is 1. The molecular weight excluding hydrogens is 214 g/mol. The van der Waals surface area contributed by atoms with Gasteiger partial charge in [0.25, 0.3) is 0 Å². The van der Waals surface area contributed by atoms with Crippen LogP contribution in [0.3, 0.4) is 0 Å². The first kappa shape index (κ1) is 12.9. The lowest BCUT2D eigenvalue weighted by atomic mass is 9.84. The Bertz CT molecular complexity index is 251. The molecule has 2 bridgehead atoms. The van der Waals surface area contributed by atoms with Gasteiger partial charge in [-0.25, -0.2) is 0 Å². The summed E-state index contributed by atoms with van der Waals surface area (Å²) in [5.41, 5.74) is 0. The monoisotopic (exact) mass is 239 g/mol. The topological polar surface area (TPSA) is 29.5 Å². The van der Waals surface area contributed by atoms with Gasteiger partial charge in [-0.05, 0) is 25.8 Å². The maximum absolute atomic E-state index is 11.2. The Morgan fingerprint density at radius 2 is 1.82 bits per heavy atom. The minimum atomic E-state index is -0.101. The van der Waals surface area contributed by atoms with E-state index in [1.165, 1.54) is 38.6 Å². The summed E-state index contributed by atoms with van der Waals surface area (Å²) in [6.07, 6.45) is 6.49. The minimum absolute atomic E-state index is 0.101. The number of nitrogens with zero attached hydrogens (tertiary/aromatic N) is 1. The zero-order chi connectivity index (χ0) is 12.3. The highest BCUT2D eigenvalue weighted by molar-refractivity contribution is 5.66. The van der Waals surface area contributed by atoms with Crippen molar-refractivity contribution < 1.29 is 9.53 Å². The molecule has 2 rings (SSSR count). The molecule has 0 N–H and O–H groups in total. The quantitative estimate of drug-likeness (QED) is 0.709. The van der Waals surface area contributed by atoms with Crippen molar-refractivity contribution in [1.29, 1.82) is 0 Å². The maximum Gasteiger partial charge on any atom is 0.302 e. The largest absolute Gasteiger partial charge is 0.462 e. The number of carbonyl (C=O) groups is 1. The number of hydrogen-bond acceptors (Lipinski definition) is 3. The van der Waals surface area contributed by atoms with Crippen LogP contribution < -0.4 is 0 Å². The lowest BCUT2D eigenvalue weighted by Gasteiger charge is -2.42. The molecule has 1 saturated heterocycles. The second kappa shape index (κ2) is 5.85. The molecule has 1 aliphatic carbocycles. The third kappa shape index (κ3) is 3.21. The smallest absolute Gasteiger partial charge is 0.302 e. The first-order valence-corrected chi connectivity index (χ1v) is 7.10. The van der Waals surface area contributed by atoms with E-state index in [-0.39, 0.29) is 12.1 Å². The lowest BCUT2D eigenvalue weighted by molar-refractivity contribution is -0.157. The fraction of sp³-hybridized carbons (Fsp3) is 0.929. The molecule has 1 aliphatic heterocycles. The molecule has 3 nitrogen and oxygen atoms in total. The maximum atomic E-state index is 11.2. The molecule has 0 amide bonds.